The first-order valence-corrected chi connectivity index (χ1v) is 12.7. The van der Waals surface area contributed by atoms with Crippen molar-refractivity contribution in [3.05, 3.63) is 83.4 Å². The second-order valence-corrected chi connectivity index (χ2v) is 9.57. The van der Waals surface area contributed by atoms with E-state index < -0.39 is 5.66 Å². The molecule has 10 heteroatoms. The fourth-order valence-electron chi connectivity index (χ4n) is 5.77. The van der Waals surface area contributed by atoms with Gasteiger partial charge in [-0.15, -0.1) is 30.7 Å². The summed E-state index contributed by atoms with van der Waals surface area (Å²) in [7, 11) is 0. The normalized spacial score (nSPS) is 27.7. The summed E-state index contributed by atoms with van der Waals surface area (Å²) in [5, 5.41) is 34.6. The van der Waals surface area contributed by atoms with Crippen LogP contribution in [0.1, 0.15) is 49.7 Å². The van der Waals surface area contributed by atoms with E-state index in [9.17, 15) is 0 Å². The third kappa shape index (κ3) is 3.32. The molecule has 7 rings (SSSR count). The number of hydrazone groups is 2. The number of amidine groups is 2. The van der Waals surface area contributed by atoms with Gasteiger partial charge in [0.1, 0.15) is 0 Å². The molecule has 2 unspecified atom stereocenters. The van der Waals surface area contributed by atoms with Crippen molar-refractivity contribution in [2.24, 2.45) is 30.7 Å². The molecule has 2 fully saturated rings. The minimum atomic E-state index is -0.574. The molecular weight excluding hydrogens is 454 g/mol. The summed E-state index contributed by atoms with van der Waals surface area (Å²) in [6, 6.07) is 19.9. The van der Waals surface area contributed by atoms with Crippen LogP contribution in [0.4, 0.5) is 0 Å². The Morgan fingerprint density at radius 2 is 1.42 bits per heavy atom. The smallest absolute Gasteiger partial charge is 0.220 e. The molecule has 0 N–H and O–H groups in total. The first-order chi connectivity index (χ1) is 17.8. The third-order valence-corrected chi connectivity index (χ3v) is 7.46. The Labute approximate surface area is 209 Å². The van der Waals surface area contributed by atoms with Gasteiger partial charge in [-0.3, -0.25) is 4.84 Å². The van der Waals surface area contributed by atoms with E-state index in [0.717, 1.165) is 56.2 Å². The molecule has 2 atom stereocenters. The lowest BCUT2D eigenvalue weighted by Crippen LogP contribution is -2.72. The zero-order valence-corrected chi connectivity index (χ0v) is 19.9. The van der Waals surface area contributed by atoms with Gasteiger partial charge in [-0.1, -0.05) is 67.1 Å². The topological polar surface area (TPSA) is 93.1 Å². The van der Waals surface area contributed by atoms with Gasteiger partial charge in [-0.2, -0.15) is 5.06 Å². The maximum atomic E-state index is 6.36. The third-order valence-electron chi connectivity index (χ3n) is 7.46. The molecule has 2 aromatic rings. The molecule has 1 saturated carbocycles. The predicted molar refractivity (Wildman–Crippen MR) is 133 cm³/mol. The van der Waals surface area contributed by atoms with Gasteiger partial charge in [0.2, 0.25) is 23.3 Å². The van der Waals surface area contributed by atoms with Gasteiger partial charge in [-0.25, -0.2) is 10.0 Å². The predicted octanol–water partition coefficient (Wildman–Crippen LogP) is 5.05. The number of nitrogens with zero attached hydrogens (tertiary/aromatic N) is 9. The number of hydroxylamine groups is 2. The lowest BCUT2D eigenvalue weighted by atomic mass is 9.81. The van der Waals surface area contributed by atoms with E-state index in [4.69, 9.17) is 15.0 Å². The molecule has 1 saturated heterocycles. The summed E-state index contributed by atoms with van der Waals surface area (Å²) < 4.78 is 0. The largest absolute Gasteiger partial charge is 0.297 e. The number of rotatable bonds is 3. The van der Waals surface area contributed by atoms with Crippen LogP contribution >= 0.6 is 0 Å². The van der Waals surface area contributed by atoms with Crippen molar-refractivity contribution in [2.45, 2.75) is 50.2 Å². The number of fused-ring (bicyclic) bond motifs is 5. The molecular formula is C26H27N9O. The molecule has 36 heavy (non-hydrogen) atoms. The van der Waals surface area contributed by atoms with E-state index in [0.29, 0.717) is 29.9 Å². The molecule has 182 valence electrons. The SMILES string of the molecule is c1ccc(C2=NN3C(=C4N=NC(c5ccccc5)=NN4C4(N5CCCCO5)CCCCC34)N=N2)cc1. The van der Waals surface area contributed by atoms with Crippen molar-refractivity contribution in [3.8, 4) is 0 Å². The van der Waals surface area contributed by atoms with E-state index in [2.05, 4.69) is 25.5 Å². The first kappa shape index (κ1) is 21.5. The number of azo groups is 2. The van der Waals surface area contributed by atoms with Crippen LogP contribution in [0.15, 0.2) is 103 Å². The Hall–Kier alpha value is -3.76. The summed E-state index contributed by atoms with van der Waals surface area (Å²) in [5.74, 6) is 2.31. The van der Waals surface area contributed by atoms with Crippen molar-refractivity contribution in [3.63, 3.8) is 0 Å². The molecule has 0 aromatic heterocycles. The highest BCUT2D eigenvalue weighted by molar-refractivity contribution is 6.00. The standard InChI is InChI=1S/C26H27N9O/c1-3-11-19(12-4-1)22-27-29-24-25-30-28-23(20-13-5-2-6-14-20)32-35(25)26(33-17-9-10-18-36-33)16-8-7-15-21(26)34(24)31-22/h1-6,11-14,21H,7-10,15-18H2. The van der Waals surface area contributed by atoms with Gasteiger partial charge in [0.15, 0.2) is 5.66 Å². The highest BCUT2D eigenvalue weighted by atomic mass is 16.7. The van der Waals surface area contributed by atoms with E-state index in [-0.39, 0.29) is 6.04 Å². The molecule has 0 spiro atoms. The maximum absolute atomic E-state index is 6.36. The molecule has 0 amide bonds. The van der Waals surface area contributed by atoms with Crippen LogP contribution in [0, 0.1) is 0 Å². The van der Waals surface area contributed by atoms with Crippen molar-refractivity contribution in [1.82, 2.24) is 15.1 Å². The maximum Gasteiger partial charge on any atom is 0.220 e. The van der Waals surface area contributed by atoms with Crippen LogP contribution in [-0.2, 0) is 4.84 Å². The van der Waals surface area contributed by atoms with Crippen molar-refractivity contribution in [1.29, 1.82) is 0 Å². The quantitative estimate of drug-likeness (QED) is 0.613. The minimum Gasteiger partial charge on any atom is -0.297 e. The number of hydrogen-bond acceptors (Lipinski definition) is 10. The fourth-order valence-corrected chi connectivity index (χ4v) is 5.77. The lowest BCUT2D eigenvalue weighted by Gasteiger charge is -2.59. The Balaban J connectivity index is 1.41. The summed E-state index contributed by atoms with van der Waals surface area (Å²) in [5.41, 5.74) is 1.28. The molecule has 10 nitrogen and oxygen atoms in total. The molecule has 4 aliphatic heterocycles. The van der Waals surface area contributed by atoms with Gasteiger partial charge in [0.05, 0.1) is 12.6 Å². The average molecular weight is 482 g/mol. The van der Waals surface area contributed by atoms with Crippen LogP contribution in [0.25, 0.3) is 0 Å². The van der Waals surface area contributed by atoms with Crippen LogP contribution in [0.5, 0.6) is 0 Å². The summed E-state index contributed by atoms with van der Waals surface area (Å²) >= 11 is 0. The molecule has 1 aliphatic carbocycles. The molecule has 0 radical (unpaired) electrons. The van der Waals surface area contributed by atoms with E-state index in [1.54, 1.807) is 0 Å². The zero-order chi connectivity index (χ0) is 24.0. The number of hydrogen-bond donors (Lipinski definition) is 0. The molecule has 2 aromatic carbocycles. The van der Waals surface area contributed by atoms with E-state index in [1.165, 1.54) is 0 Å². The Kier molecular flexibility index (Phi) is 5.21. The second-order valence-electron chi connectivity index (χ2n) is 9.57. The van der Waals surface area contributed by atoms with Gasteiger partial charge >= 0.3 is 0 Å². The van der Waals surface area contributed by atoms with E-state index in [1.807, 2.05) is 70.7 Å². The minimum absolute atomic E-state index is 0.0323. The second kappa shape index (κ2) is 8.72. The molecule has 0 bridgehead atoms. The van der Waals surface area contributed by atoms with Crippen LogP contribution in [0.2, 0.25) is 0 Å². The highest BCUT2D eigenvalue weighted by Gasteiger charge is 2.60. The monoisotopic (exact) mass is 481 g/mol. The fraction of sp³-hybridized carbons (Fsp3) is 0.385. The zero-order valence-electron chi connectivity index (χ0n) is 19.9. The summed E-state index contributed by atoms with van der Waals surface area (Å²) in [6.45, 7) is 1.52. The van der Waals surface area contributed by atoms with Gasteiger partial charge in [0.25, 0.3) is 0 Å². The van der Waals surface area contributed by atoms with Gasteiger partial charge < -0.3 is 0 Å². The van der Waals surface area contributed by atoms with Crippen molar-refractivity contribution in [2.75, 3.05) is 13.2 Å². The van der Waals surface area contributed by atoms with Crippen LogP contribution in [0.3, 0.4) is 0 Å². The number of benzene rings is 2. The molecule has 4 heterocycles. The Morgan fingerprint density at radius 1 is 0.722 bits per heavy atom. The highest BCUT2D eigenvalue weighted by Crippen LogP contribution is 2.50. The van der Waals surface area contributed by atoms with Crippen molar-refractivity contribution < 1.29 is 4.84 Å². The average Bonchev–Trinajstić information content (AvgIpc) is 2.98. The molecule has 5 aliphatic rings. The lowest BCUT2D eigenvalue weighted by molar-refractivity contribution is -0.305. The van der Waals surface area contributed by atoms with E-state index >= 15 is 0 Å². The van der Waals surface area contributed by atoms with Gasteiger partial charge in [-0.05, 0) is 32.1 Å². The summed E-state index contributed by atoms with van der Waals surface area (Å²) in [4.78, 5) is 6.36. The Bertz CT molecular complexity index is 1300. The Morgan fingerprint density at radius 3 is 2.11 bits per heavy atom. The van der Waals surface area contributed by atoms with Crippen LogP contribution in [-0.4, -0.2) is 51.6 Å². The van der Waals surface area contributed by atoms with Crippen LogP contribution < -0.4 is 0 Å². The summed E-state index contributed by atoms with van der Waals surface area (Å²) in [6.07, 6.45) is 6.09. The van der Waals surface area contributed by atoms with Gasteiger partial charge in [0, 0.05) is 17.7 Å². The van der Waals surface area contributed by atoms with Crippen molar-refractivity contribution >= 4 is 11.7 Å². The first-order valence-electron chi connectivity index (χ1n) is 12.7.